The number of nitrogens with one attached hydrogen (secondary N) is 2. The van der Waals surface area contributed by atoms with Crippen LogP contribution in [0, 0.1) is 12.8 Å². The van der Waals surface area contributed by atoms with Gasteiger partial charge in [0.05, 0.1) is 5.52 Å². The molecule has 10 nitrogen and oxygen atoms in total. The smallest absolute Gasteiger partial charge is 0.410 e. The van der Waals surface area contributed by atoms with Gasteiger partial charge in [0, 0.05) is 79.0 Å². The fraction of sp³-hybridized carbons (Fsp3) is 0.351. The molecule has 0 unspecified atom stereocenters. The van der Waals surface area contributed by atoms with Crippen LogP contribution in [0.1, 0.15) is 51.3 Å². The number of urea groups is 1. The number of fused-ring (bicyclic) bond motifs is 1. The zero-order valence-corrected chi connectivity index (χ0v) is 27.6. The maximum atomic E-state index is 12.5. The Labute approximate surface area is 275 Å². The second-order valence-corrected chi connectivity index (χ2v) is 13.2. The third-order valence-electron chi connectivity index (χ3n) is 8.54. The summed E-state index contributed by atoms with van der Waals surface area (Å²) in [6.07, 6.45) is 10.6. The molecule has 1 aliphatic rings. The number of anilines is 1. The molecule has 47 heavy (non-hydrogen) atoms. The Morgan fingerprint density at radius 1 is 0.979 bits per heavy atom. The first-order valence-electron chi connectivity index (χ1n) is 16.3. The van der Waals surface area contributed by atoms with Crippen molar-refractivity contribution in [3.05, 3.63) is 96.7 Å². The van der Waals surface area contributed by atoms with Gasteiger partial charge < -0.3 is 29.4 Å². The molecule has 244 valence electrons. The summed E-state index contributed by atoms with van der Waals surface area (Å²) in [6, 6.07) is 19.8. The third-order valence-corrected chi connectivity index (χ3v) is 8.54. The largest absolute Gasteiger partial charge is 0.444 e. The van der Waals surface area contributed by atoms with Crippen LogP contribution in [0.4, 0.5) is 15.3 Å². The van der Waals surface area contributed by atoms with Crippen molar-refractivity contribution in [2.75, 3.05) is 18.4 Å². The fourth-order valence-electron chi connectivity index (χ4n) is 6.02. The van der Waals surface area contributed by atoms with Crippen molar-refractivity contribution < 1.29 is 14.3 Å². The highest BCUT2D eigenvalue weighted by Crippen LogP contribution is 2.33. The molecule has 0 spiro atoms. The molecule has 4 heterocycles. The number of likely N-dealkylation sites (tertiary alicyclic amines) is 1. The van der Waals surface area contributed by atoms with Crippen LogP contribution >= 0.6 is 0 Å². The van der Waals surface area contributed by atoms with E-state index in [1.165, 1.54) is 0 Å². The van der Waals surface area contributed by atoms with E-state index < -0.39 is 5.60 Å². The quantitative estimate of drug-likeness (QED) is 0.184. The maximum Gasteiger partial charge on any atom is 0.410 e. The lowest BCUT2D eigenvalue weighted by molar-refractivity contribution is 0.0180. The van der Waals surface area contributed by atoms with Crippen molar-refractivity contribution in [2.24, 2.45) is 5.92 Å². The molecule has 0 aliphatic carbocycles. The Kier molecular flexibility index (Phi) is 9.29. The summed E-state index contributed by atoms with van der Waals surface area (Å²) in [5.74, 6) is 1.48. The monoisotopic (exact) mass is 633 g/mol. The number of carbonyl (C=O) groups is 2. The number of aromatic nitrogens is 4. The van der Waals surface area contributed by atoms with E-state index in [-0.39, 0.29) is 12.1 Å². The molecule has 2 N–H and O–H groups in total. The number of carbonyl (C=O) groups excluding carboxylic acids is 2. The van der Waals surface area contributed by atoms with E-state index in [1.54, 1.807) is 6.20 Å². The van der Waals surface area contributed by atoms with E-state index in [1.807, 2.05) is 81.3 Å². The molecular formula is C37H43N7O3. The lowest BCUT2D eigenvalue weighted by Gasteiger charge is -2.33. The van der Waals surface area contributed by atoms with Gasteiger partial charge in [-0.1, -0.05) is 24.3 Å². The van der Waals surface area contributed by atoms with Crippen LogP contribution in [0.25, 0.3) is 28.0 Å². The Balaban J connectivity index is 1.11. The average Bonchev–Trinajstić information content (AvgIpc) is 3.68. The van der Waals surface area contributed by atoms with Gasteiger partial charge in [0.15, 0.2) is 0 Å². The number of hydrogen-bond donors (Lipinski definition) is 2. The summed E-state index contributed by atoms with van der Waals surface area (Å²) in [4.78, 5) is 35.9. The number of ether oxygens (including phenoxy) is 1. The molecule has 1 aliphatic heterocycles. The van der Waals surface area contributed by atoms with Gasteiger partial charge in [0.1, 0.15) is 11.4 Å². The van der Waals surface area contributed by atoms with Gasteiger partial charge in [-0.25, -0.2) is 14.6 Å². The van der Waals surface area contributed by atoms with Gasteiger partial charge >= 0.3 is 12.1 Å². The number of hydrogen-bond acceptors (Lipinski definition) is 5. The van der Waals surface area contributed by atoms with Crippen molar-refractivity contribution in [1.82, 2.24) is 29.3 Å². The number of imidazole rings is 1. The zero-order chi connectivity index (χ0) is 33.0. The molecule has 0 radical (unpaired) electrons. The molecule has 1 saturated heterocycles. The van der Waals surface area contributed by atoms with Crippen molar-refractivity contribution >= 4 is 28.7 Å². The lowest BCUT2D eigenvalue weighted by Crippen LogP contribution is -2.41. The number of amides is 3. The summed E-state index contributed by atoms with van der Waals surface area (Å²) in [6.45, 7) is 10.4. The summed E-state index contributed by atoms with van der Waals surface area (Å²) >= 11 is 0. The Morgan fingerprint density at radius 3 is 2.47 bits per heavy atom. The van der Waals surface area contributed by atoms with Crippen LogP contribution in [0.3, 0.4) is 0 Å². The van der Waals surface area contributed by atoms with Gasteiger partial charge in [-0.2, -0.15) is 0 Å². The van der Waals surface area contributed by atoms with Crippen molar-refractivity contribution in [2.45, 2.75) is 65.6 Å². The number of benzene rings is 2. The highest BCUT2D eigenvalue weighted by Gasteiger charge is 2.27. The van der Waals surface area contributed by atoms with E-state index >= 15 is 0 Å². The molecule has 0 bridgehead atoms. The van der Waals surface area contributed by atoms with Gasteiger partial charge in [-0.15, -0.1) is 0 Å². The molecule has 10 heteroatoms. The van der Waals surface area contributed by atoms with Gasteiger partial charge in [-0.3, -0.25) is 4.98 Å². The van der Waals surface area contributed by atoms with Crippen LogP contribution in [-0.4, -0.2) is 54.8 Å². The molecule has 3 aromatic heterocycles. The standard InChI is InChI=1S/C37H43N7O3/c1-26-9-10-28(23-39-26)24-40-35(45)41-29-11-13-30(14-12-29)44-25-32(31-7-5-6-8-33(31)44)34-38-18-22-42(34)19-15-27-16-20-43(21-17-27)36(46)47-37(2,3)4/h5-14,18,22-23,25,27H,15-17,19-21,24H2,1-4H3,(H2,40,41,45). The first kappa shape index (κ1) is 31.8. The number of aryl methyl sites for hydroxylation is 2. The summed E-state index contributed by atoms with van der Waals surface area (Å²) < 4.78 is 9.98. The molecule has 0 saturated carbocycles. The lowest BCUT2D eigenvalue weighted by atomic mass is 9.93. The molecule has 1 fully saturated rings. The molecular weight excluding hydrogens is 590 g/mol. The maximum absolute atomic E-state index is 12.5. The van der Waals surface area contributed by atoms with E-state index in [4.69, 9.17) is 9.72 Å². The van der Waals surface area contributed by atoms with Crippen molar-refractivity contribution in [1.29, 1.82) is 0 Å². The van der Waals surface area contributed by atoms with E-state index in [0.29, 0.717) is 18.2 Å². The number of rotatable bonds is 8. The van der Waals surface area contributed by atoms with Gasteiger partial charge in [0.25, 0.3) is 0 Å². The minimum atomic E-state index is -0.478. The van der Waals surface area contributed by atoms with Crippen LogP contribution in [-0.2, 0) is 17.8 Å². The molecule has 6 rings (SSSR count). The average molecular weight is 634 g/mol. The Bertz CT molecular complexity index is 1830. The predicted molar refractivity (Wildman–Crippen MR) is 184 cm³/mol. The SMILES string of the molecule is Cc1ccc(CNC(=O)Nc2ccc(-n3cc(-c4nccn4CCC4CCN(C(=O)OC(C)(C)C)CC4)c4ccccc43)cc2)cn1. The van der Waals surface area contributed by atoms with E-state index in [9.17, 15) is 9.59 Å². The molecule has 0 atom stereocenters. The van der Waals surface area contributed by atoms with Crippen LogP contribution in [0.2, 0.25) is 0 Å². The van der Waals surface area contributed by atoms with Gasteiger partial charge in [0.2, 0.25) is 0 Å². The first-order chi connectivity index (χ1) is 22.6. The summed E-state index contributed by atoms with van der Waals surface area (Å²) in [5, 5.41) is 6.92. The van der Waals surface area contributed by atoms with Crippen molar-refractivity contribution in [3.63, 3.8) is 0 Å². The molecule has 2 aromatic carbocycles. The van der Waals surface area contributed by atoms with Crippen LogP contribution in [0.15, 0.2) is 85.5 Å². The molecule has 5 aromatic rings. The number of para-hydroxylation sites is 1. The number of nitrogens with zero attached hydrogens (tertiary/aromatic N) is 5. The Morgan fingerprint density at radius 2 is 1.74 bits per heavy atom. The third kappa shape index (κ3) is 7.82. The highest BCUT2D eigenvalue weighted by atomic mass is 16.6. The Hall–Kier alpha value is -5.12. The highest BCUT2D eigenvalue weighted by molar-refractivity contribution is 5.96. The summed E-state index contributed by atoms with van der Waals surface area (Å²) in [7, 11) is 0. The number of piperidine rings is 1. The minimum absolute atomic E-state index is 0.215. The van der Waals surface area contributed by atoms with Crippen molar-refractivity contribution in [3.8, 4) is 17.1 Å². The topological polar surface area (TPSA) is 106 Å². The number of pyridine rings is 1. The fourth-order valence-corrected chi connectivity index (χ4v) is 6.02. The van der Waals surface area contributed by atoms with Crippen LogP contribution in [0.5, 0.6) is 0 Å². The summed E-state index contributed by atoms with van der Waals surface area (Å²) in [5.41, 5.74) is 5.24. The van der Waals surface area contributed by atoms with E-state index in [0.717, 1.165) is 78.1 Å². The van der Waals surface area contributed by atoms with E-state index in [2.05, 4.69) is 55.3 Å². The van der Waals surface area contributed by atoms with Crippen LogP contribution < -0.4 is 10.6 Å². The zero-order valence-electron chi connectivity index (χ0n) is 27.6. The van der Waals surface area contributed by atoms with Gasteiger partial charge in [-0.05, 0) is 94.8 Å². The predicted octanol–water partition coefficient (Wildman–Crippen LogP) is 7.56. The second kappa shape index (κ2) is 13.7. The second-order valence-electron chi connectivity index (χ2n) is 13.2. The minimum Gasteiger partial charge on any atom is -0.444 e. The molecule has 3 amide bonds. The normalized spacial score (nSPS) is 13.9. The first-order valence-corrected chi connectivity index (χ1v) is 16.3.